The van der Waals surface area contributed by atoms with Gasteiger partial charge in [-0.05, 0) is 37.2 Å². The van der Waals surface area contributed by atoms with Gasteiger partial charge < -0.3 is 0 Å². The number of hydrogen-bond donors (Lipinski definition) is 0. The summed E-state index contributed by atoms with van der Waals surface area (Å²) in [6, 6.07) is 0. The van der Waals surface area contributed by atoms with Crippen LogP contribution in [0, 0.1) is 23.7 Å². The Morgan fingerprint density at radius 2 is 2.06 bits per heavy atom. The molecule has 2 aliphatic carbocycles. The molecule has 2 aliphatic rings. The van der Waals surface area contributed by atoms with Crippen LogP contribution in [0.4, 0.5) is 0 Å². The highest BCUT2D eigenvalue weighted by molar-refractivity contribution is 5.39. The molecule has 0 saturated carbocycles. The largest absolute Gasteiger partial charge is 0.0872 e. The van der Waals surface area contributed by atoms with Gasteiger partial charge in [-0.25, -0.2) is 0 Å². The molecule has 0 spiro atoms. The number of rotatable bonds is 1. The Hall–Kier alpha value is -0.780. The van der Waals surface area contributed by atoms with Crippen LogP contribution in [0.15, 0.2) is 35.5 Å². The summed E-state index contributed by atoms with van der Waals surface area (Å²) in [5, 5.41) is 0. The van der Waals surface area contributed by atoms with Gasteiger partial charge in [0.15, 0.2) is 0 Å². The molecule has 0 aliphatic heterocycles. The Morgan fingerprint density at radius 3 is 2.69 bits per heavy atom. The Labute approximate surface area is 100 Å². The summed E-state index contributed by atoms with van der Waals surface area (Å²) in [6.45, 7) is 9.21. The van der Waals surface area contributed by atoms with Gasteiger partial charge >= 0.3 is 0 Å². The molecule has 0 nitrogen and oxygen atoms in total. The third-order valence-corrected chi connectivity index (χ3v) is 4.12. The van der Waals surface area contributed by atoms with Crippen molar-refractivity contribution in [3.8, 4) is 0 Å². The van der Waals surface area contributed by atoms with Crippen molar-refractivity contribution in [1.82, 2.24) is 0 Å². The van der Waals surface area contributed by atoms with Crippen molar-refractivity contribution in [2.45, 2.75) is 40.5 Å². The normalized spacial score (nSPS) is 36.4. The summed E-state index contributed by atoms with van der Waals surface area (Å²) in [4.78, 5) is 0. The van der Waals surface area contributed by atoms with Crippen LogP contribution in [0.5, 0.6) is 0 Å². The van der Waals surface area contributed by atoms with E-state index in [1.807, 2.05) is 0 Å². The van der Waals surface area contributed by atoms with Gasteiger partial charge in [-0.2, -0.15) is 0 Å². The fourth-order valence-electron chi connectivity index (χ4n) is 3.21. The summed E-state index contributed by atoms with van der Waals surface area (Å²) in [6.07, 6.45) is 12.3. The molecule has 0 aromatic carbocycles. The molecule has 0 bridgehead atoms. The van der Waals surface area contributed by atoms with Crippen molar-refractivity contribution < 1.29 is 0 Å². The summed E-state index contributed by atoms with van der Waals surface area (Å²) >= 11 is 0. The average molecular weight is 216 g/mol. The first-order valence-electron chi connectivity index (χ1n) is 6.69. The molecule has 0 amide bonds. The van der Waals surface area contributed by atoms with Crippen molar-refractivity contribution >= 4 is 0 Å². The van der Waals surface area contributed by atoms with Gasteiger partial charge in [-0.1, -0.05) is 50.6 Å². The zero-order valence-corrected chi connectivity index (χ0v) is 11.0. The fourth-order valence-corrected chi connectivity index (χ4v) is 3.21. The molecule has 0 fully saturated rings. The Morgan fingerprint density at radius 1 is 1.31 bits per heavy atom. The topological polar surface area (TPSA) is 0 Å². The van der Waals surface area contributed by atoms with E-state index in [2.05, 4.69) is 52.0 Å². The van der Waals surface area contributed by atoms with Crippen LogP contribution in [-0.4, -0.2) is 0 Å². The Bertz CT molecular complexity index is 341. The van der Waals surface area contributed by atoms with E-state index >= 15 is 0 Å². The van der Waals surface area contributed by atoms with Gasteiger partial charge in [0.2, 0.25) is 0 Å². The third kappa shape index (κ3) is 2.03. The lowest BCUT2D eigenvalue weighted by Crippen LogP contribution is -2.24. The Kier molecular flexibility index (Phi) is 3.37. The van der Waals surface area contributed by atoms with Gasteiger partial charge in [-0.15, -0.1) is 0 Å². The highest BCUT2D eigenvalue weighted by Gasteiger charge is 2.30. The highest BCUT2D eigenvalue weighted by atomic mass is 14.3. The van der Waals surface area contributed by atoms with E-state index in [1.54, 1.807) is 11.1 Å². The smallest absolute Gasteiger partial charge is 0.00510 e. The van der Waals surface area contributed by atoms with Crippen molar-refractivity contribution in [3.63, 3.8) is 0 Å². The van der Waals surface area contributed by atoms with Gasteiger partial charge in [-0.3, -0.25) is 0 Å². The molecule has 0 radical (unpaired) electrons. The molecule has 0 heteroatoms. The van der Waals surface area contributed by atoms with Crippen LogP contribution in [-0.2, 0) is 0 Å². The lowest BCUT2D eigenvalue weighted by molar-refractivity contribution is 0.423. The number of fused-ring (bicyclic) bond motifs is 1. The van der Waals surface area contributed by atoms with Crippen molar-refractivity contribution in [2.75, 3.05) is 0 Å². The first-order valence-corrected chi connectivity index (χ1v) is 6.69. The second-order valence-electron chi connectivity index (χ2n) is 5.69. The van der Waals surface area contributed by atoms with E-state index in [0.717, 1.165) is 17.8 Å². The third-order valence-electron chi connectivity index (χ3n) is 4.12. The van der Waals surface area contributed by atoms with Crippen LogP contribution in [0.2, 0.25) is 0 Å². The zero-order valence-electron chi connectivity index (χ0n) is 11.0. The second kappa shape index (κ2) is 4.61. The molecular weight excluding hydrogens is 192 g/mol. The Balaban J connectivity index is 2.35. The average Bonchev–Trinajstić information content (AvgIpc) is 2.26. The highest BCUT2D eigenvalue weighted by Crippen LogP contribution is 2.42. The summed E-state index contributed by atoms with van der Waals surface area (Å²) < 4.78 is 0. The van der Waals surface area contributed by atoms with Crippen LogP contribution < -0.4 is 0 Å². The molecule has 2 rings (SSSR count). The minimum Gasteiger partial charge on any atom is -0.0872 e. The van der Waals surface area contributed by atoms with Gasteiger partial charge in [0.05, 0.1) is 0 Å². The van der Waals surface area contributed by atoms with Gasteiger partial charge in [0, 0.05) is 11.8 Å². The molecular formula is C16H24. The predicted octanol–water partition coefficient (Wildman–Crippen LogP) is 4.75. The van der Waals surface area contributed by atoms with E-state index in [0.29, 0.717) is 5.92 Å². The lowest BCUT2D eigenvalue weighted by atomic mass is 9.69. The van der Waals surface area contributed by atoms with Gasteiger partial charge in [0.25, 0.3) is 0 Å². The van der Waals surface area contributed by atoms with E-state index in [9.17, 15) is 0 Å². The van der Waals surface area contributed by atoms with Crippen LogP contribution in [0.25, 0.3) is 0 Å². The first kappa shape index (κ1) is 11.7. The monoisotopic (exact) mass is 216 g/mol. The first-order chi connectivity index (χ1) is 7.63. The quantitative estimate of drug-likeness (QED) is 0.555. The molecule has 0 heterocycles. The SMILES string of the molecule is C/C=C1/C2CC[C@@H](C)C=C2C=CC1C(C)C. The number of hydrogen-bond acceptors (Lipinski definition) is 0. The van der Waals surface area contributed by atoms with Crippen molar-refractivity contribution in [3.05, 3.63) is 35.5 Å². The van der Waals surface area contributed by atoms with E-state index in [1.165, 1.54) is 12.8 Å². The molecule has 16 heavy (non-hydrogen) atoms. The minimum absolute atomic E-state index is 0.667. The molecule has 2 unspecified atom stereocenters. The minimum atomic E-state index is 0.667. The number of allylic oxidation sites excluding steroid dienone is 6. The maximum Gasteiger partial charge on any atom is 0.00510 e. The second-order valence-corrected chi connectivity index (χ2v) is 5.69. The van der Waals surface area contributed by atoms with E-state index in [-0.39, 0.29) is 0 Å². The lowest BCUT2D eigenvalue weighted by Gasteiger charge is -2.36. The summed E-state index contributed by atoms with van der Waals surface area (Å²) in [5.74, 6) is 2.88. The van der Waals surface area contributed by atoms with Crippen LogP contribution >= 0.6 is 0 Å². The van der Waals surface area contributed by atoms with Crippen LogP contribution in [0.3, 0.4) is 0 Å². The van der Waals surface area contributed by atoms with E-state index < -0.39 is 0 Å². The molecule has 0 N–H and O–H groups in total. The fraction of sp³-hybridized carbons (Fsp3) is 0.625. The maximum atomic E-state index is 2.48. The molecule has 0 aromatic heterocycles. The summed E-state index contributed by atoms with van der Waals surface area (Å²) in [7, 11) is 0. The van der Waals surface area contributed by atoms with Crippen LogP contribution in [0.1, 0.15) is 40.5 Å². The predicted molar refractivity (Wildman–Crippen MR) is 71.2 cm³/mol. The van der Waals surface area contributed by atoms with Crippen molar-refractivity contribution in [1.29, 1.82) is 0 Å². The standard InChI is InChI=1S/C16H24/c1-5-14-15(11(2)3)9-7-13-10-12(4)6-8-16(13)14/h5,7,9-12,15-16H,6,8H2,1-4H3/b14-5+/t12-,15?,16?/m1/s1. The van der Waals surface area contributed by atoms with Crippen molar-refractivity contribution in [2.24, 2.45) is 23.7 Å². The maximum absolute atomic E-state index is 2.48. The molecule has 0 aromatic rings. The molecule has 0 saturated heterocycles. The van der Waals surface area contributed by atoms with E-state index in [4.69, 9.17) is 0 Å². The molecule has 88 valence electrons. The zero-order chi connectivity index (χ0) is 11.7. The van der Waals surface area contributed by atoms with Gasteiger partial charge in [0.1, 0.15) is 0 Å². The summed E-state index contributed by atoms with van der Waals surface area (Å²) in [5.41, 5.74) is 3.24. The molecule has 3 atom stereocenters.